The van der Waals surface area contributed by atoms with E-state index in [9.17, 15) is 9.59 Å². The Morgan fingerprint density at radius 3 is 2.62 bits per heavy atom. The van der Waals surface area contributed by atoms with Gasteiger partial charge in [0.2, 0.25) is 0 Å². The minimum atomic E-state index is -0.912. The van der Waals surface area contributed by atoms with E-state index in [0.29, 0.717) is 22.5 Å². The summed E-state index contributed by atoms with van der Waals surface area (Å²) in [5.41, 5.74) is 8.90. The lowest BCUT2D eigenvalue weighted by molar-refractivity contribution is -0.136. The number of aliphatic carboxylic acids is 1. The average molecular weight is 284 g/mol. The largest absolute Gasteiger partial charge is 0.481 e. The Balaban J connectivity index is 2.15. The molecule has 21 heavy (non-hydrogen) atoms. The number of nitrogen functional groups attached to an aromatic ring is 1. The standard InChI is InChI=1S/C16H16N2O3/c1-10-5-6-12(9-14(10)17)16(21)18-13-4-2-3-11(7-13)8-15(19)20/h2-7,9H,8,17H2,1H3,(H,18,21)(H,19,20). The molecule has 0 radical (unpaired) electrons. The Bertz CT molecular complexity index is 696. The molecule has 0 aromatic heterocycles. The molecule has 0 spiro atoms. The van der Waals surface area contributed by atoms with Crippen LogP contribution in [0.25, 0.3) is 0 Å². The van der Waals surface area contributed by atoms with Crippen LogP contribution in [0.5, 0.6) is 0 Å². The molecular formula is C16H16N2O3. The first kappa shape index (κ1) is 14.6. The van der Waals surface area contributed by atoms with Gasteiger partial charge in [0.25, 0.3) is 5.91 Å². The van der Waals surface area contributed by atoms with Gasteiger partial charge in [0.15, 0.2) is 0 Å². The molecule has 2 aromatic carbocycles. The normalized spacial score (nSPS) is 10.1. The van der Waals surface area contributed by atoms with Gasteiger partial charge in [0, 0.05) is 16.9 Å². The van der Waals surface area contributed by atoms with Crippen LogP contribution in [0.4, 0.5) is 11.4 Å². The van der Waals surface area contributed by atoms with Crippen molar-refractivity contribution in [3.63, 3.8) is 0 Å². The molecule has 0 aliphatic rings. The topological polar surface area (TPSA) is 92.4 Å². The number of carboxylic acids is 1. The first-order valence-corrected chi connectivity index (χ1v) is 6.44. The van der Waals surface area contributed by atoms with Crippen molar-refractivity contribution in [2.75, 3.05) is 11.1 Å². The van der Waals surface area contributed by atoms with Crippen molar-refractivity contribution in [1.29, 1.82) is 0 Å². The number of hydrogen-bond acceptors (Lipinski definition) is 3. The number of carboxylic acid groups (broad SMARTS) is 1. The first-order valence-electron chi connectivity index (χ1n) is 6.44. The van der Waals surface area contributed by atoms with Gasteiger partial charge in [0.1, 0.15) is 0 Å². The van der Waals surface area contributed by atoms with Crippen LogP contribution in [0, 0.1) is 6.92 Å². The van der Waals surface area contributed by atoms with Crippen LogP contribution in [-0.2, 0) is 11.2 Å². The molecule has 0 aliphatic heterocycles. The number of aryl methyl sites for hydroxylation is 1. The quantitative estimate of drug-likeness (QED) is 0.752. The van der Waals surface area contributed by atoms with E-state index in [1.54, 1.807) is 42.5 Å². The summed E-state index contributed by atoms with van der Waals surface area (Å²) >= 11 is 0. The molecule has 2 rings (SSSR count). The fraction of sp³-hybridized carbons (Fsp3) is 0.125. The van der Waals surface area contributed by atoms with E-state index in [-0.39, 0.29) is 12.3 Å². The van der Waals surface area contributed by atoms with Crippen LogP contribution in [-0.4, -0.2) is 17.0 Å². The molecule has 0 fully saturated rings. The molecule has 0 atom stereocenters. The van der Waals surface area contributed by atoms with Gasteiger partial charge in [-0.3, -0.25) is 9.59 Å². The van der Waals surface area contributed by atoms with Crippen LogP contribution < -0.4 is 11.1 Å². The molecule has 0 heterocycles. The molecule has 0 saturated carbocycles. The maximum atomic E-state index is 12.1. The molecule has 2 aromatic rings. The molecule has 0 aliphatic carbocycles. The van der Waals surface area contributed by atoms with E-state index in [2.05, 4.69) is 5.32 Å². The summed E-state index contributed by atoms with van der Waals surface area (Å²) in [4.78, 5) is 22.8. The Hall–Kier alpha value is -2.82. The van der Waals surface area contributed by atoms with Crippen molar-refractivity contribution in [1.82, 2.24) is 0 Å². The SMILES string of the molecule is Cc1ccc(C(=O)Nc2cccc(CC(=O)O)c2)cc1N. The molecule has 0 unspecified atom stereocenters. The van der Waals surface area contributed by atoms with Crippen LogP contribution in [0.3, 0.4) is 0 Å². The number of anilines is 2. The highest BCUT2D eigenvalue weighted by Crippen LogP contribution is 2.16. The number of nitrogens with one attached hydrogen (secondary N) is 1. The lowest BCUT2D eigenvalue weighted by atomic mass is 10.1. The van der Waals surface area contributed by atoms with E-state index in [1.165, 1.54) is 0 Å². The Morgan fingerprint density at radius 2 is 1.95 bits per heavy atom. The zero-order valence-corrected chi connectivity index (χ0v) is 11.6. The van der Waals surface area contributed by atoms with Crippen LogP contribution in [0.2, 0.25) is 0 Å². The van der Waals surface area contributed by atoms with Crippen molar-refractivity contribution in [3.8, 4) is 0 Å². The first-order chi connectivity index (χ1) is 9.95. The number of nitrogens with two attached hydrogens (primary N) is 1. The van der Waals surface area contributed by atoms with Gasteiger partial charge in [-0.15, -0.1) is 0 Å². The van der Waals surface area contributed by atoms with Crippen molar-refractivity contribution < 1.29 is 14.7 Å². The smallest absolute Gasteiger partial charge is 0.307 e. The zero-order chi connectivity index (χ0) is 15.4. The fourth-order valence-electron chi connectivity index (χ4n) is 1.92. The lowest BCUT2D eigenvalue weighted by Crippen LogP contribution is -2.12. The van der Waals surface area contributed by atoms with Crippen molar-refractivity contribution >= 4 is 23.3 Å². The second-order valence-electron chi connectivity index (χ2n) is 4.80. The predicted molar refractivity (Wildman–Crippen MR) is 81.3 cm³/mol. The highest BCUT2D eigenvalue weighted by molar-refractivity contribution is 6.04. The van der Waals surface area contributed by atoms with Crippen LogP contribution in [0.15, 0.2) is 42.5 Å². The number of rotatable bonds is 4. The van der Waals surface area contributed by atoms with E-state index in [4.69, 9.17) is 10.8 Å². The minimum Gasteiger partial charge on any atom is -0.481 e. The minimum absolute atomic E-state index is 0.0822. The van der Waals surface area contributed by atoms with E-state index >= 15 is 0 Å². The number of carbonyl (C=O) groups excluding carboxylic acids is 1. The van der Waals surface area contributed by atoms with E-state index in [0.717, 1.165) is 5.56 Å². The Kier molecular flexibility index (Phi) is 4.23. The Labute approximate surface area is 122 Å². The van der Waals surface area contributed by atoms with Gasteiger partial charge < -0.3 is 16.2 Å². The summed E-state index contributed by atoms with van der Waals surface area (Å²) in [7, 11) is 0. The molecule has 0 bridgehead atoms. The number of carbonyl (C=O) groups is 2. The molecule has 5 nitrogen and oxygen atoms in total. The van der Waals surface area contributed by atoms with Crippen molar-refractivity contribution in [2.24, 2.45) is 0 Å². The molecule has 0 saturated heterocycles. The van der Waals surface area contributed by atoms with Crippen LogP contribution >= 0.6 is 0 Å². The molecule has 5 heteroatoms. The third kappa shape index (κ3) is 3.82. The fourth-order valence-corrected chi connectivity index (χ4v) is 1.92. The van der Waals surface area contributed by atoms with E-state index < -0.39 is 5.97 Å². The Morgan fingerprint density at radius 1 is 1.19 bits per heavy atom. The molecule has 108 valence electrons. The van der Waals surface area contributed by atoms with Crippen molar-refractivity contribution in [2.45, 2.75) is 13.3 Å². The maximum Gasteiger partial charge on any atom is 0.307 e. The van der Waals surface area contributed by atoms with E-state index in [1.807, 2.05) is 6.92 Å². The average Bonchev–Trinajstić information content (AvgIpc) is 2.41. The summed E-state index contributed by atoms with van der Waals surface area (Å²) in [5, 5.41) is 11.5. The van der Waals surface area contributed by atoms with Crippen molar-refractivity contribution in [3.05, 3.63) is 59.2 Å². The molecule has 1 amide bonds. The number of hydrogen-bond donors (Lipinski definition) is 3. The summed E-state index contributed by atoms with van der Waals surface area (Å²) in [5.74, 6) is -1.20. The third-order valence-electron chi connectivity index (χ3n) is 3.08. The summed E-state index contributed by atoms with van der Waals surface area (Å²) in [6, 6.07) is 11.9. The second-order valence-corrected chi connectivity index (χ2v) is 4.80. The summed E-state index contributed by atoms with van der Waals surface area (Å²) < 4.78 is 0. The summed E-state index contributed by atoms with van der Waals surface area (Å²) in [6.45, 7) is 1.87. The van der Waals surface area contributed by atoms with Gasteiger partial charge in [0.05, 0.1) is 6.42 Å². The highest BCUT2D eigenvalue weighted by Gasteiger charge is 2.08. The lowest BCUT2D eigenvalue weighted by Gasteiger charge is -2.08. The summed E-state index contributed by atoms with van der Waals surface area (Å²) in [6.07, 6.45) is -0.0822. The van der Waals surface area contributed by atoms with Crippen LogP contribution in [0.1, 0.15) is 21.5 Å². The highest BCUT2D eigenvalue weighted by atomic mass is 16.4. The van der Waals surface area contributed by atoms with Gasteiger partial charge in [-0.2, -0.15) is 0 Å². The zero-order valence-electron chi connectivity index (χ0n) is 11.6. The molecular weight excluding hydrogens is 268 g/mol. The van der Waals surface area contributed by atoms with Gasteiger partial charge in [-0.1, -0.05) is 18.2 Å². The van der Waals surface area contributed by atoms with Gasteiger partial charge >= 0.3 is 5.97 Å². The molecule has 4 N–H and O–H groups in total. The predicted octanol–water partition coefficient (Wildman–Crippen LogP) is 2.46. The number of benzene rings is 2. The monoisotopic (exact) mass is 284 g/mol. The third-order valence-corrected chi connectivity index (χ3v) is 3.08. The van der Waals surface area contributed by atoms with Gasteiger partial charge in [-0.25, -0.2) is 0 Å². The number of amides is 1. The van der Waals surface area contributed by atoms with Gasteiger partial charge in [-0.05, 0) is 42.3 Å². The maximum absolute atomic E-state index is 12.1. The second kappa shape index (κ2) is 6.09.